The van der Waals surface area contributed by atoms with Crippen molar-refractivity contribution in [3.05, 3.63) is 74.8 Å². The van der Waals surface area contributed by atoms with Gasteiger partial charge in [-0.05, 0) is 67.6 Å². The highest BCUT2D eigenvalue weighted by Gasteiger charge is 2.20. The monoisotopic (exact) mass is 435 g/mol. The molecule has 2 aromatic carbocycles. The van der Waals surface area contributed by atoms with Gasteiger partial charge in [-0.15, -0.1) is 0 Å². The summed E-state index contributed by atoms with van der Waals surface area (Å²) in [5.41, 5.74) is 3.54. The molecule has 1 unspecified atom stereocenters. The number of amides is 1. The van der Waals surface area contributed by atoms with Crippen molar-refractivity contribution in [1.82, 2.24) is 14.9 Å². The molecular weight excluding hydrogens is 406 g/mol. The van der Waals surface area contributed by atoms with Crippen molar-refractivity contribution in [2.75, 3.05) is 6.54 Å². The second-order valence-corrected chi connectivity index (χ2v) is 8.72. The van der Waals surface area contributed by atoms with Crippen LogP contribution in [0.2, 0.25) is 0 Å². The third kappa shape index (κ3) is 5.13. The fourth-order valence-corrected chi connectivity index (χ4v) is 4.81. The summed E-state index contributed by atoms with van der Waals surface area (Å²) in [6, 6.07) is 16.0. The van der Waals surface area contributed by atoms with Crippen molar-refractivity contribution in [2.24, 2.45) is 0 Å². The molecule has 0 bridgehead atoms. The lowest BCUT2D eigenvalue weighted by atomic mass is 9.83. The van der Waals surface area contributed by atoms with E-state index in [0.29, 0.717) is 29.0 Å². The van der Waals surface area contributed by atoms with Gasteiger partial charge in [-0.25, -0.2) is 0 Å². The van der Waals surface area contributed by atoms with Gasteiger partial charge < -0.3 is 10.3 Å². The van der Waals surface area contributed by atoms with Crippen molar-refractivity contribution < 1.29 is 4.79 Å². The van der Waals surface area contributed by atoms with Crippen LogP contribution in [-0.4, -0.2) is 22.0 Å². The maximum absolute atomic E-state index is 12.7. The Bertz CT molecular complexity index is 1180. The number of para-hydroxylation sites is 1. The molecule has 0 spiro atoms. The van der Waals surface area contributed by atoms with Gasteiger partial charge >= 0.3 is 0 Å². The number of aryl methyl sites for hydroxylation is 1. The number of rotatable bonds is 8. The van der Waals surface area contributed by atoms with Crippen LogP contribution in [0.25, 0.3) is 10.9 Å². The minimum atomic E-state index is -0.0511. The Hall–Kier alpha value is -2.73. The number of carbonyl (C=O) groups excluding carboxylic acids is 1. The minimum Gasteiger partial charge on any atom is -0.355 e. The van der Waals surface area contributed by atoms with Crippen LogP contribution >= 0.6 is 12.2 Å². The van der Waals surface area contributed by atoms with Gasteiger partial charge in [0.15, 0.2) is 4.77 Å². The highest BCUT2D eigenvalue weighted by molar-refractivity contribution is 7.71. The SMILES string of the molecule is O=C(CCCCCn1c(=S)[nH]c2ccccc2c1=O)NCC1CCCc2ccccc21. The molecule has 1 aromatic heterocycles. The quantitative estimate of drug-likeness (QED) is 0.392. The predicted octanol–water partition coefficient (Wildman–Crippen LogP) is 4.86. The first-order chi connectivity index (χ1) is 15.1. The number of nitrogens with zero attached hydrogens (tertiary/aromatic N) is 1. The molecule has 31 heavy (non-hydrogen) atoms. The smallest absolute Gasteiger partial charge is 0.262 e. The number of aromatic nitrogens is 2. The fraction of sp³-hybridized carbons (Fsp3) is 0.400. The number of benzene rings is 2. The van der Waals surface area contributed by atoms with Crippen molar-refractivity contribution in [2.45, 2.75) is 57.4 Å². The molecule has 0 aliphatic heterocycles. The third-order valence-corrected chi connectivity index (χ3v) is 6.54. The number of unbranched alkanes of at least 4 members (excludes halogenated alkanes) is 2. The Labute approximate surface area is 187 Å². The van der Waals surface area contributed by atoms with E-state index in [0.717, 1.165) is 44.2 Å². The van der Waals surface area contributed by atoms with E-state index in [4.69, 9.17) is 12.2 Å². The zero-order chi connectivity index (χ0) is 21.6. The predicted molar refractivity (Wildman–Crippen MR) is 127 cm³/mol. The highest BCUT2D eigenvalue weighted by Crippen LogP contribution is 2.30. The molecule has 1 aliphatic carbocycles. The number of aromatic amines is 1. The van der Waals surface area contributed by atoms with E-state index >= 15 is 0 Å². The topological polar surface area (TPSA) is 66.9 Å². The molecule has 0 fully saturated rings. The zero-order valence-corrected chi connectivity index (χ0v) is 18.5. The van der Waals surface area contributed by atoms with Crippen molar-refractivity contribution in [1.29, 1.82) is 0 Å². The van der Waals surface area contributed by atoms with Crippen LogP contribution in [-0.2, 0) is 17.8 Å². The molecule has 2 N–H and O–H groups in total. The molecule has 5 nitrogen and oxygen atoms in total. The maximum Gasteiger partial charge on any atom is 0.262 e. The summed E-state index contributed by atoms with van der Waals surface area (Å²) in [4.78, 5) is 28.1. The van der Waals surface area contributed by atoms with Gasteiger partial charge in [-0.2, -0.15) is 0 Å². The van der Waals surface area contributed by atoms with Crippen LogP contribution in [0.4, 0.5) is 0 Å². The Morgan fingerprint density at radius 3 is 2.81 bits per heavy atom. The Kier molecular flexibility index (Phi) is 6.97. The molecule has 0 saturated heterocycles. The summed E-state index contributed by atoms with van der Waals surface area (Å²) in [7, 11) is 0. The van der Waals surface area contributed by atoms with Crippen LogP contribution in [0.1, 0.15) is 55.6 Å². The molecule has 6 heteroatoms. The lowest BCUT2D eigenvalue weighted by Crippen LogP contribution is -2.29. The molecule has 3 aromatic rings. The normalized spacial score (nSPS) is 15.5. The van der Waals surface area contributed by atoms with Crippen molar-refractivity contribution in [3.63, 3.8) is 0 Å². The largest absolute Gasteiger partial charge is 0.355 e. The van der Waals surface area contributed by atoms with Crippen molar-refractivity contribution >= 4 is 29.0 Å². The van der Waals surface area contributed by atoms with Crippen molar-refractivity contribution in [3.8, 4) is 0 Å². The van der Waals surface area contributed by atoms with Gasteiger partial charge in [0.1, 0.15) is 0 Å². The number of nitrogens with one attached hydrogen (secondary N) is 2. The van der Waals surface area contributed by atoms with Crippen LogP contribution in [0.5, 0.6) is 0 Å². The average Bonchev–Trinajstić information content (AvgIpc) is 2.79. The summed E-state index contributed by atoms with van der Waals surface area (Å²) >= 11 is 5.35. The first-order valence-corrected chi connectivity index (χ1v) is 11.6. The summed E-state index contributed by atoms with van der Waals surface area (Å²) in [5, 5.41) is 3.78. The van der Waals surface area contributed by atoms with Crippen LogP contribution in [0.15, 0.2) is 53.3 Å². The number of hydrogen-bond acceptors (Lipinski definition) is 3. The molecule has 0 radical (unpaired) electrons. The summed E-state index contributed by atoms with van der Waals surface area (Å²) in [6.45, 7) is 1.29. The lowest BCUT2D eigenvalue weighted by Gasteiger charge is -2.25. The number of H-pyrrole nitrogens is 1. The van der Waals surface area contributed by atoms with E-state index in [2.05, 4.69) is 34.6 Å². The first kappa shape index (κ1) is 21.5. The van der Waals surface area contributed by atoms with Crippen LogP contribution < -0.4 is 10.9 Å². The van der Waals surface area contributed by atoms with E-state index in [-0.39, 0.29) is 11.5 Å². The fourth-order valence-electron chi connectivity index (χ4n) is 4.53. The zero-order valence-electron chi connectivity index (χ0n) is 17.7. The van der Waals surface area contributed by atoms with Crippen LogP contribution in [0, 0.1) is 4.77 Å². The lowest BCUT2D eigenvalue weighted by molar-refractivity contribution is -0.121. The molecule has 1 amide bonds. The Morgan fingerprint density at radius 2 is 1.90 bits per heavy atom. The van der Waals surface area contributed by atoms with E-state index in [1.54, 1.807) is 4.57 Å². The standard InChI is InChI=1S/C25H29N3O2S/c29-23(26-17-19-11-8-10-18-9-3-4-12-20(18)19)15-2-1-7-16-28-24(30)21-13-5-6-14-22(21)27-25(28)31/h3-6,9,12-14,19H,1-2,7-8,10-11,15-17H2,(H,26,29)(H,27,31). The van der Waals surface area contributed by atoms with E-state index in [1.165, 1.54) is 17.5 Å². The van der Waals surface area contributed by atoms with Gasteiger partial charge in [-0.3, -0.25) is 14.2 Å². The van der Waals surface area contributed by atoms with E-state index < -0.39 is 0 Å². The molecule has 1 atom stereocenters. The molecule has 0 saturated carbocycles. The van der Waals surface area contributed by atoms with Gasteiger partial charge in [-0.1, -0.05) is 42.8 Å². The van der Waals surface area contributed by atoms with Gasteiger partial charge in [0.2, 0.25) is 5.91 Å². The second kappa shape index (κ2) is 10.1. The van der Waals surface area contributed by atoms with Gasteiger partial charge in [0.05, 0.1) is 10.9 Å². The Balaban J connectivity index is 1.21. The minimum absolute atomic E-state index is 0.0511. The highest BCUT2D eigenvalue weighted by atomic mass is 32.1. The Morgan fingerprint density at radius 1 is 1.10 bits per heavy atom. The summed E-state index contributed by atoms with van der Waals surface area (Å²) < 4.78 is 2.08. The first-order valence-electron chi connectivity index (χ1n) is 11.2. The summed E-state index contributed by atoms with van der Waals surface area (Å²) in [5.74, 6) is 0.540. The molecule has 162 valence electrons. The van der Waals surface area contributed by atoms with Gasteiger partial charge in [0.25, 0.3) is 5.56 Å². The molecular formula is C25H29N3O2S. The van der Waals surface area contributed by atoms with E-state index in [9.17, 15) is 9.59 Å². The average molecular weight is 436 g/mol. The number of hydrogen-bond donors (Lipinski definition) is 2. The maximum atomic E-state index is 12.7. The number of carbonyl (C=O) groups is 1. The van der Waals surface area contributed by atoms with Gasteiger partial charge in [0, 0.05) is 25.4 Å². The number of fused-ring (bicyclic) bond motifs is 2. The van der Waals surface area contributed by atoms with E-state index in [1.807, 2.05) is 24.3 Å². The summed E-state index contributed by atoms with van der Waals surface area (Å²) in [6.07, 6.45) is 6.50. The molecule has 1 aliphatic rings. The molecule has 4 rings (SSSR count). The van der Waals surface area contributed by atoms with Crippen LogP contribution in [0.3, 0.4) is 0 Å². The molecule has 1 heterocycles. The second-order valence-electron chi connectivity index (χ2n) is 8.34. The third-order valence-electron chi connectivity index (χ3n) is 6.21.